The molecular weight excluding hydrogens is 391 g/mol. The maximum absolute atomic E-state index is 15.3. The summed E-state index contributed by atoms with van der Waals surface area (Å²) in [5.74, 6) is 1.53. The predicted octanol–water partition coefficient (Wildman–Crippen LogP) is 9.08. The van der Waals surface area contributed by atoms with Crippen molar-refractivity contribution in [1.82, 2.24) is 0 Å². The van der Waals surface area contributed by atoms with Crippen molar-refractivity contribution in [3.05, 3.63) is 96.3 Å². The first kappa shape index (κ1) is 22.5. The van der Waals surface area contributed by atoms with Crippen LogP contribution in [0.4, 0.5) is 4.39 Å². The number of aryl methyl sites for hydroxylation is 2. The van der Waals surface area contributed by atoms with Crippen molar-refractivity contribution in [3.63, 3.8) is 0 Å². The van der Waals surface area contributed by atoms with Gasteiger partial charge < -0.3 is 0 Å². The molecule has 0 aromatic heterocycles. The first-order chi connectivity index (χ1) is 15.7. The highest BCUT2D eigenvalue weighted by molar-refractivity contribution is 5.88. The molecule has 3 aromatic rings. The van der Waals surface area contributed by atoms with E-state index in [1.165, 1.54) is 43.2 Å². The van der Waals surface area contributed by atoms with Crippen molar-refractivity contribution in [2.75, 3.05) is 0 Å². The van der Waals surface area contributed by atoms with Gasteiger partial charge in [0.1, 0.15) is 5.82 Å². The number of rotatable bonds is 8. The molecule has 1 aliphatic carbocycles. The van der Waals surface area contributed by atoms with Gasteiger partial charge in [0.15, 0.2) is 0 Å². The van der Waals surface area contributed by atoms with Gasteiger partial charge in [-0.15, -0.1) is 6.58 Å². The van der Waals surface area contributed by atoms with Gasteiger partial charge in [0, 0.05) is 10.9 Å². The molecule has 1 fully saturated rings. The summed E-state index contributed by atoms with van der Waals surface area (Å²) in [6.45, 7) is 5.91. The SMILES string of the molecule is C=CCCc1ccc2c(F)c(-c3ccc(CCC4CCC(/C=C/C)CC4)cc3)ccc2c1. The van der Waals surface area contributed by atoms with E-state index < -0.39 is 0 Å². The van der Waals surface area contributed by atoms with Gasteiger partial charge in [0.05, 0.1) is 0 Å². The minimum Gasteiger partial charge on any atom is -0.206 e. The highest BCUT2D eigenvalue weighted by Crippen LogP contribution is 2.33. The molecule has 0 aliphatic heterocycles. The summed E-state index contributed by atoms with van der Waals surface area (Å²) in [7, 11) is 0. The molecule has 0 heterocycles. The maximum Gasteiger partial charge on any atom is 0.138 e. The summed E-state index contributed by atoms with van der Waals surface area (Å²) in [6, 6.07) is 18.6. The number of halogens is 1. The topological polar surface area (TPSA) is 0 Å². The van der Waals surface area contributed by atoms with Crippen LogP contribution in [0.3, 0.4) is 0 Å². The molecule has 1 aliphatic rings. The molecule has 0 nitrogen and oxygen atoms in total. The third-order valence-electron chi connectivity index (χ3n) is 7.12. The summed E-state index contributed by atoms with van der Waals surface area (Å²) >= 11 is 0. The van der Waals surface area contributed by atoms with E-state index >= 15 is 4.39 Å². The van der Waals surface area contributed by atoms with E-state index in [4.69, 9.17) is 0 Å². The van der Waals surface area contributed by atoms with Crippen LogP contribution in [0.1, 0.15) is 56.6 Å². The van der Waals surface area contributed by atoms with Crippen molar-refractivity contribution in [2.45, 2.75) is 58.3 Å². The Morgan fingerprint density at radius 1 is 0.906 bits per heavy atom. The van der Waals surface area contributed by atoms with E-state index in [9.17, 15) is 0 Å². The van der Waals surface area contributed by atoms with Gasteiger partial charge in [-0.1, -0.05) is 72.8 Å². The van der Waals surface area contributed by atoms with Crippen LogP contribution in [0, 0.1) is 17.7 Å². The van der Waals surface area contributed by atoms with Crippen LogP contribution in [0.2, 0.25) is 0 Å². The standard InChI is InChI=1S/C31H35F/c1-3-5-7-26-16-20-30-28(22-26)19-21-29(31(30)32)27-17-14-25(15-18-27)13-12-24-10-8-23(6-4-2)9-11-24/h3-4,6,14-24H,1,5,7-13H2,2H3/b6-4+. The lowest BCUT2D eigenvalue weighted by molar-refractivity contribution is 0.296. The second kappa shape index (κ2) is 10.8. The highest BCUT2D eigenvalue weighted by Gasteiger charge is 2.19. The number of allylic oxidation sites excluding steroid dienone is 3. The third kappa shape index (κ3) is 5.38. The molecule has 1 heteroatoms. The molecule has 0 spiro atoms. The van der Waals surface area contributed by atoms with Gasteiger partial charge in [-0.25, -0.2) is 4.39 Å². The van der Waals surface area contributed by atoms with E-state index in [1.807, 2.05) is 30.3 Å². The quantitative estimate of drug-likeness (QED) is 0.315. The van der Waals surface area contributed by atoms with E-state index in [2.05, 4.69) is 56.0 Å². The average Bonchev–Trinajstić information content (AvgIpc) is 2.83. The zero-order chi connectivity index (χ0) is 22.3. The molecule has 1 saturated carbocycles. The Morgan fingerprint density at radius 2 is 1.66 bits per heavy atom. The van der Waals surface area contributed by atoms with Crippen molar-refractivity contribution in [1.29, 1.82) is 0 Å². The first-order valence-corrected chi connectivity index (χ1v) is 12.2. The fourth-order valence-corrected chi connectivity index (χ4v) is 5.15. The van der Waals surface area contributed by atoms with Crippen LogP contribution >= 0.6 is 0 Å². The fraction of sp³-hybridized carbons (Fsp3) is 0.355. The van der Waals surface area contributed by atoms with Gasteiger partial charge in [-0.2, -0.15) is 0 Å². The number of hydrogen-bond donors (Lipinski definition) is 0. The summed E-state index contributed by atoms with van der Waals surface area (Å²) in [4.78, 5) is 0. The lowest BCUT2D eigenvalue weighted by Crippen LogP contribution is -2.13. The summed E-state index contributed by atoms with van der Waals surface area (Å²) in [5, 5.41) is 1.66. The van der Waals surface area contributed by atoms with Crippen LogP contribution in [-0.4, -0.2) is 0 Å². The summed E-state index contributed by atoms with van der Waals surface area (Å²) in [6.07, 6.45) is 16.2. The van der Waals surface area contributed by atoms with Gasteiger partial charge in [0.25, 0.3) is 0 Å². The molecule has 0 saturated heterocycles. The Kier molecular flexibility index (Phi) is 7.58. The molecule has 166 valence electrons. The lowest BCUT2D eigenvalue weighted by Gasteiger charge is -2.26. The van der Waals surface area contributed by atoms with Crippen molar-refractivity contribution in [2.24, 2.45) is 11.8 Å². The normalized spacial score (nSPS) is 18.9. The molecular formula is C31H35F. The van der Waals surface area contributed by atoms with E-state index in [0.717, 1.165) is 42.0 Å². The minimum absolute atomic E-state index is 0.122. The average molecular weight is 427 g/mol. The maximum atomic E-state index is 15.3. The fourth-order valence-electron chi connectivity index (χ4n) is 5.15. The molecule has 0 unspecified atom stereocenters. The molecule has 4 rings (SSSR count). The number of benzene rings is 3. The van der Waals surface area contributed by atoms with E-state index in [1.54, 1.807) is 0 Å². The van der Waals surface area contributed by atoms with E-state index in [0.29, 0.717) is 10.9 Å². The Morgan fingerprint density at radius 3 is 2.38 bits per heavy atom. The second-order valence-corrected chi connectivity index (χ2v) is 9.35. The zero-order valence-electron chi connectivity index (χ0n) is 19.3. The molecule has 0 radical (unpaired) electrons. The van der Waals surface area contributed by atoms with Gasteiger partial charge in [0.2, 0.25) is 0 Å². The Labute approximate surface area is 192 Å². The van der Waals surface area contributed by atoms with Crippen molar-refractivity contribution in [3.8, 4) is 11.1 Å². The Hall–Kier alpha value is -2.67. The van der Waals surface area contributed by atoms with E-state index in [-0.39, 0.29) is 5.82 Å². The zero-order valence-corrected chi connectivity index (χ0v) is 19.3. The number of hydrogen-bond acceptors (Lipinski definition) is 0. The molecule has 0 N–H and O–H groups in total. The molecule has 0 amide bonds. The van der Waals surface area contributed by atoms with Crippen LogP contribution in [0.15, 0.2) is 79.4 Å². The minimum atomic E-state index is -0.122. The first-order valence-electron chi connectivity index (χ1n) is 12.2. The van der Waals surface area contributed by atoms with Gasteiger partial charge in [-0.3, -0.25) is 0 Å². The molecule has 0 bridgehead atoms. The largest absolute Gasteiger partial charge is 0.206 e. The Bertz CT molecular complexity index is 1070. The molecule has 0 atom stereocenters. The molecule has 3 aromatic carbocycles. The van der Waals surface area contributed by atoms with Gasteiger partial charge >= 0.3 is 0 Å². The number of fused-ring (bicyclic) bond motifs is 1. The third-order valence-corrected chi connectivity index (χ3v) is 7.12. The molecule has 32 heavy (non-hydrogen) atoms. The summed E-state index contributed by atoms with van der Waals surface area (Å²) < 4.78 is 15.3. The van der Waals surface area contributed by atoms with Crippen LogP contribution < -0.4 is 0 Å². The highest BCUT2D eigenvalue weighted by atomic mass is 19.1. The van der Waals surface area contributed by atoms with Crippen LogP contribution in [-0.2, 0) is 12.8 Å². The Balaban J connectivity index is 1.41. The lowest BCUT2D eigenvalue weighted by atomic mass is 9.79. The predicted molar refractivity (Wildman–Crippen MR) is 136 cm³/mol. The van der Waals surface area contributed by atoms with Crippen molar-refractivity contribution < 1.29 is 4.39 Å². The second-order valence-electron chi connectivity index (χ2n) is 9.35. The summed E-state index contributed by atoms with van der Waals surface area (Å²) in [5.41, 5.74) is 4.22. The van der Waals surface area contributed by atoms with Crippen molar-refractivity contribution >= 4 is 10.8 Å². The van der Waals surface area contributed by atoms with Crippen LogP contribution in [0.25, 0.3) is 21.9 Å². The smallest absolute Gasteiger partial charge is 0.138 e. The van der Waals surface area contributed by atoms with Crippen LogP contribution in [0.5, 0.6) is 0 Å². The van der Waals surface area contributed by atoms with Gasteiger partial charge in [-0.05, 0) is 92.2 Å². The monoisotopic (exact) mass is 426 g/mol.